The molecule has 1 saturated heterocycles. The SMILES string of the molecule is CC(CO)NC(=O)/C=C/c1ccc(N2CCCC2=O)cc1. The molecule has 21 heavy (non-hydrogen) atoms. The van der Waals surface area contributed by atoms with Crippen LogP contribution < -0.4 is 10.2 Å². The molecule has 112 valence electrons. The van der Waals surface area contributed by atoms with Gasteiger partial charge in [0, 0.05) is 30.8 Å². The molecule has 5 heteroatoms. The quantitative estimate of drug-likeness (QED) is 0.803. The van der Waals surface area contributed by atoms with Crippen LogP contribution in [0.5, 0.6) is 0 Å². The molecule has 1 aromatic carbocycles. The number of hydrogen-bond acceptors (Lipinski definition) is 3. The van der Waals surface area contributed by atoms with Gasteiger partial charge in [-0.05, 0) is 37.1 Å². The van der Waals surface area contributed by atoms with Gasteiger partial charge in [0.05, 0.1) is 6.61 Å². The van der Waals surface area contributed by atoms with Crippen LogP contribution in [0.25, 0.3) is 6.08 Å². The zero-order chi connectivity index (χ0) is 15.2. The summed E-state index contributed by atoms with van der Waals surface area (Å²) in [6.45, 7) is 2.42. The number of nitrogens with one attached hydrogen (secondary N) is 1. The summed E-state index contributed by atoms with van der Waals surface area (Å²) in [5.41, 5.74) is 1.78. The molecule has 0 bridgehead atoms. The highest BCUT2D eigenvalue weighted by molar-refractivity contribution is 5.95. The summed E-state index contributed by atoms with van der Waals surface area (Å²) in [6.07, 6.45) is 4.66. The van der Waals surface area contributed by atoms with E-state index in [1.54, 1.807) is 17.9 Å². The highest BCUT2D eigenvalue weighted by Gasteiger charge is 2.21. The summed E-state index contributed by atoms with van der Waals surface area (Å²) in [6, 6.07) is 7.26. The zero-order valence-electron chi connectivity index (χ0n) is 12.1. The maximum atomic E-state index is 11.6. The molecule has 1 unspecified atom stereocenters. The Morgan fingerprint density at radius 1 is 1.43 bits per heavy atom. The van der Waals surface area contributed by atoms with Crippen molar-refractivity contribution in [1.82, 2.24) is 5.32 Å². The van der Waals surface area contributed by atoms with Crippen molar-refractivity contribution in [2.75, 3.05) is 18.1 Å². The molecule has 1 aliphatic heterocycles. The van der Waals surface area contributed by atoms with Crippen molar-refractivity contribution in [1.29, 1.82) is 0 Å². The van der Waals surface area contributed by atoms with Crippen molar-refractivity contribution >= 4 is 23.6 Å². The smallest absolute Gasteiger partial charge is 0.244 e. The molecule has 0 spiro atoms. The average molecular weight is 288 g/mol. The number of aliphatic hydroxyl groups excluding tert-OH is 1. The van der Waals surface area contributed by atoms with E-state index in [2.05, 4.69) is 5.32 Å². The molecule has 1 fully saturated rings. The third kappa shape index (κ3) is 4.16. The Bertz CT molecular complexity index is 537. The second-order valence-electron chi connectivity index (χ2n) is 5.17. The van der Waals surface area contributed by atoms with Crippen molar-refractivity contribution < 1.29 is 14.7 Å². The first kappa shape index (κ1) is 15.3. The van der Waals surface area contributed by atoms with Gasteiger partial charge in [-0.3, -0.25) is 9.59 Å². The van der Waals surface area contributed by atoms with E-state index >= 15 is 0 Å². The maximum absolute atomic E-state index is 11.6. The molecule has 2 amide bonds. The molecular weight excluding hydrogens is 268 g/mol. The van der Waals surface area contributed by atoms with Crippen LogP contribution in [0.1, 0.15) is 25.3 Å². The first-order chi connectivity index (χ1) is 10.1. The third-order valence-corrected chi connectivity index (χ3v) is 3.37. The first-order valence-corrected chi connectivity index (χ1v) is 7.10. The zero-order valence-corrected chi connectivity index (χ0v) is 12.1. The maximum Gasteiger partial charge on any atom is 0.244 e. The lowest BCUT2D eigenvalue weighted by atomic mass is 10.2. The number of anilines is 1. The molecular formula is C16H20N2O3. The lowest BCUT2D eigenvalue weighted by molar-refractivity contribution is -0.118. The number of nitrogens with zero attached hydrogens (tertiary/aromatic N) is 1. The Labute approximate surface area is 124 Å². The highest BCUT2D eigenvalue weighted by Crippen LogP contribution is 2.21. The van der Waals surface area contributed by atoms with E-state index in [-0.39, 0.29) is 24.5 Å². The number of rotatable bonds is 5. The van der Waals surface area contributed by atoms with E-state index in [1.807, 2.05) is 24.3 Å². The Kier molecular flexibility index (Phi) is 5.11. The van der Waals surface area contributed by atoms with Gasteiger partial charge in [0.15, 0.2) is 0 Å². The van der Waals surface area contributed by atoms with Crippen molar-refractivity contribution in [3.63, 3.8) is 0 Å². The number of amides is 2. The average Bonchev–Trinajstić information content (AvgIpc) is 2.91. The van der Waals surface area contributed by atoms with Crippen molar-refractivity contribution in [3.05, 3.63) is 35.9 Å². The summed E-state index contributed by atoms with van der Waals surface area (Å²) in [7, 11) is 0. The van der Waals surface area contributed by atoms with Gasteiger partial charge in [-0.2, -0.15) is 0 Å². The van der Waals surface area contributed by atoms with Gasteiger partial charge in [0.2, 0.25) is 11.8 Å². The molecule has 1 aliphatic rings. The summed E-state index contributed by atoms with van der Waals surface area (Å²) in [4.78, 5) is 25.0. The molecule has 2 rings (SSSR count). The molecule has 1 aromatic rings. The fraction of sp³-hybridized carbons (Fsp3) is 0.375. The van der Waals surface area contributed by atoms with Gasteiger partial charge in [0.25, 0.3) is 0 Å². The number of hydrogen-bond donors (Lipinski definition) is 2. The van der Waals surface area contributed by atoms with Gasteiger partial charge in [-0.1, -0.05) is 12.1 Å². The van der Waals surface area contributed by atoms with Crippen LogP contribution in [0.3, 0.4) is 0 Å². The normalized spacial score (nSPS) is 16.5. The van der Waals surface area contributed by atoms with Crippen molar-refractivity contribution in [2.24, 2.45) is 0 Å². The third-order valence-electron chi connectivity index (χ3n) is 3.37. The fourth-order valence-corrected chi connectivity index (χ4v) is 2.20. The Balaban J connectivity index is 1.96. The summed E-state index contributed by atoms with van der Waals surface area (Å²) in [5.74, 6) is -0.0778. The largest absolute Gasteiger partial charge is 0.394 e. The number of carbonyl (C=O) groups excluding carboxylic acids is 2. The molecule has 0 aromatic heterocycles. The van der Waals surface area contributed by atoms with E-state index in [1.165, 1.54) is 6.08 Å². The van der Waals surface area contributed by atoms with Crippen LogP contribution in [0.2, 0.25) is 0 Å². The molecule has 2 N–H and O–H groups in total. The number of aliphatic hydroxyl groups is 1. The predicted molar refractivity (Wildman–Crippen MR) is 81.8 cm³/mol. The molecule has 1 heterocycles. The van der Waals surface area contributed by atoms with Gasteiger partial charge in [0.1, 0.15) is 0 Å². The molecule has 0 radical (unpaired) electrons. The molecule has 1 atom stereocenters. The minimum absolute atomic E-state index is 0.0852. The molecule has 5 nitrogen and oxygen atoms in total. The van der Waals surface area contributed by atoms with Gasteiger partial charge in [-0.25, -0.2) is 0 Å². The van der Waals surface area contributed by atoms with Crippen LogP contribution in [-0.2, 0) is 9.59 Å². The topological polar surface area (TPSA) is 69.6 Å². The summed E-state index contributed by atoms with van der Waals surface area (Å²) >= 11 is 0. The van der Waals surface area contributed by atoms with Gasteiger partial charge >= 0.3 is 0 Å². The minimum atomic E-state index is -0.259. The Morgan fingerprint density at radius 2 is 2.14 bits per heavy atom. The van der Waals surface area contributed by atoms with Crippen LogP contribution in [0.15, 0.2) is 30.3 Å². The van der Waals surface area contributed by atoms with Crippen LogP contribution in [0.4, 0.5) is 5.69 Å². The van der Waals surface area contributed by atoms with E-state index in [0.717, 1.165) is 24.2 Å². The second kappa shape index (κ2) is 7.04. The molecule has 0 saturated carbocycles. The predicted octanol–water partition coefficient (Wildman–Crippen LogP) is 1.32. The standard InChI is InChI=1S/C16H20N2O3/c1-12(11-19)17-15(20)9-6-13-4-7-14(8-5-13)18-10-2-3-16(18)21/h4-9,12,19H,2-3,10-11H2,1H3,(H,17,20)/b9-6+. The summed E-state index contributed by atoms with van der Waals surface area (Å²) < 4.78 is 0. The highest BCUT2D eigenvalue weighted by atomic mass is 16.3. The lowest BCUT2D eigenvalue weighted by Gasteiger charge is -2.15. The van der Waals surface area contributed by atoms with Crippen molar-refractivity contribution in [3.8, 4) is 0 Å². The lowest BCUT2D eigenvalue weighted by Crippen LogP contribution is -2.33. The Morgan fingerprint density at radius 3 is 2.71 bits per heavy atom. The van der Waals surface area contributed by atoms with Crippen LogP contribution in [0, 0.1) is 0 Å². The monoisotopic (exact) mass is 288 g/mol. The number of carbonyl (C=O) groups is 2. The summed E-state index contributed by atoms with van der Waals surface area (Å²) in [5, 5.41) is 11.5. The minimum Gasteiger partial charge on any atom is -0.394 e. The Hall–Kier alpha value is -2.14. The first-order valence-electron chi connectivity index (χ1n) is 7.10. The van der Waals surface area contributed by atoms with Crippen molar-refractivity contribution in [2.45, 2.75) is 25.8 Å². The van der Waals surface area contributed by atoms with E-state index in [4.69, 9.17) is 5.11 Å². The van der Waals surface area contributed by atoms with E-state index in [0.29, 0.717) is 6.42 Å². The fourth-order valence-electron chi connectivity index (χ4n) is 2.20. The van der Waals surface area contributed by atoms with Gasteiger partial charge in [-0.15, -0.1) is 0 Å². The van der Waals surface area contributed by atoms with Crippen LogP contribution in [-0.4, -0.2) is 36.1 Å². The second-order valence-corrected chi connectivity index (χ2v) is 5.17. The number of benzene rings is 1. The molecule has 0 aliphatic carbocycles. The van der Waals surface area contributed by atoms with Crippen LogP contribution >= 0.6 is 0 Å². The van der Waals surface area contributed by atoms with E-state index < -0.39 is 0 Å². The van der Waals surface area contributed by atoms with Gasteiger partial charge < -0.3 is 15.3 Å². The van der Waals surface area contributed by atoms with E-state index in [9.17, 15) is 9.59 Å².